The topological polar surface area (TPSA) is 0 Å². The number of hydrogen-bond donors (Lipinski definition) is 0. The van der Waals surface area contributed by atoms with Crippen molar-refractivity contribution in [2.24, 2.45) is 0 Å². The monoisotopic (exact) mass is 378 g/mol. The van der Waals surface area contributed by atoms with Crippen LogP contribution in [0.2, 0.25) is 18.2 Å². The average Bonchev–Trinajstić information content (AvgIpc) is 2.67. The van der Waals surface area contributed by atoms with E-state index in [1.54, 1.807) is 5.10 Å². The van der Waals surface area contributed by atoms with Crippen molar-refractivity contribution in [3.63, 3.8) is 0 Å². The summed E-state index contributed by atoms with van der Waals surface area (Å²) in [6.07, 6.45) is 10.9. The van der Waals surface area contributed by atoms with E-state index in [4.69, 9.17) is 11.1 Å². The van der Waals surface area contributed by atoms with Gasteiger partial charge in [-0.15, -0.1) is 0 Å². The van der Waals surface area contributed by atoms with Crippen molar-refractivity contribution in [1.29, 1.82) is 0 Å². The van der Waals surface area contributed by atoms with Gasteiger partial charge in [0.05, 0.1) is 0 Å². The van der Waals surface area contributed by atoms with Crippen LogP contribution in [0.1, 0.15) is 44.1 Å². The molecule has 2 aliphatic heterocycles. The largest absolute Gasteiger partial charge is 0.202 e. The summed E-state index contributed by atoms with van der Waals surface area (Å²) in [4.78, 5) is 0. The van der Waals surface area contributed by atoms with Crippen LogP contribution < -0.4 is 5.19 Å². The summed E-state index contributed by atoms with van der Waals surface area (Å²) in [7, 11) is -2.21. The highest BCUT2D eigenvalue weighted by atomic mass is 35.6. The van der Waals surface area contributed by atoms with Crippen molar-refractivity contribution >= 4 is 36.4 Å². The third-order valence-corrected chi connectivity index (χ3v) is 10.9. The van der Waals surface area contributed by atoms with Gasteiger partial charge in [0.25, 0.3) is 0 Å². The fraction of sp³-hybridized carbons (Fsp3) is 0.391. The minimum absolute atomic E-state index is 0.687. The molecule has 26 heavy (non-hydrogen) atoms. The lowest BCUT2D eigenvalue weighted by atomic mass is 9.27. The average molecular weight is 379 g/mol. The Labute approximate surface area is 164 Å². The van der Waals surface area contributed by atoms with Crippen molar-refractivity contribution in [2.75, 3.05) is 0 Å². The summed E-state index contributed by atoms with van der Waals surface area (Å²) >= 11 is 7.49. The molecule has 0 aliphatic carbocycles. The van der Waals surface area contributed by atoms with Gasteiger partial charge in [-0.3, -0.25) is 0 Å². The lowest BCUT2D eigenvalue weighted by Gasteiger charge is -2.44. The van der Waals surface area contributed by atoms with Gasteiger partial charge in [-0.05, 0) is 17.3 Å². The van der Waals surface area contributed by atoms with E-state index in [0.29, 0.717) is 6.71 Å². The summed E-state index contributed by atoms with van der Waals surface area (Å²) < 4.78 is 0. The second-order valence-corrected chi connectivity index (χ2v) is 13.7. The number of fused-ring (bicyclic) bond motifs is 2. The summed E-state index contributed by atoms with van der Waals surface area (Å²) in [5.74, 6) is 1.68. The Bertz CT molecular complexity index is 734. The van der Waals surface area contributed by atoms with Crippen molar-refractivity contribution in [1.82, 2.24) is 0 Å². The zero-order chi connectivity index (χ0) is 18.0. The van der Waals surface area contributed by atoms with Crippen molar-refractivity contribution in [3.8, 4) is 0 Å². The van der Waals surface area contributed by atoms with Crippen LogP contribution >= 0.6 is 11.1 Å². The number of hydrogen-bond acceptors (Lipinski definition) is 0. The van der Waals surface area contributed by atoms with E-state index in [-0.39, 0.29) is 0 Å². The molecule has 3 heteroatoms. The van der Waals surface area contributed by atoms with Gasteiger partial charge in [0, 0.05) is 0 Å². The van der Waals surface area contributed by atoms with E-state index in [0.717, 1.165) is 11.6 Å². The first-order chi connectivity index (χ1) is 12.7. The molecule has 0 nitrogen and oxygen atoms in total. The zero-order valence-electron chi connectivity index (χ0n) is 15.7. The Morgan fingerprint density at radius 3 is 1.92 bits per heavy atom. The van der Waals surface area contributed by atoms with Crippen LogP contribution in [0, 0.1) is 0 Å². The fourth-order valence-corrected chi connectivity index (χ4v) is 8.98. The summed E-state index contributed by atoms with van der Waals surface area (Å²) in [6, 6.07) is 21.7. The molecule has 4 rings (SSSR count). The summed E-state index contributed by atoms with van der Waals surface area (Å²) in [5, 5.41) is 2.93. The molecule has 0 N–H and O–H groups in total. The Morgan fingerprint density at radius 2 is 1.38 bits per heavy atom. The van der Waals surface area contributed by atoms with Crippen molar-refractivity contribution in [3.05, 3.63) is 71.3 Å². The van der Waals surface area contributed by atoms with Crippen LogP contribution in [0.5, 0.6) is 0 Å². The van der Waals surface area contributed by atoms with E-state index in [9.17, 15) is 0 Å². The van der Waals surface area contributed by atoms with Gasteiger partial charge in [-0.25, -0.2) is 0 Å². The molecule has 2 heterocycles. The molecule has 1 atom stereocenters. The Hall–Kier alpha value is -1.25. The maximum atomic E-state index is 7.49. The first-order valence-corrected chi connectivity index (χ1v) is 13.7. The Morgan fingerprint density at radius 1 is 0.885 bits per heavy atom. The molecule has 0 saturated carbocycles. The van der Waals surface area contributed by atoms with E-state index in [1.165, 1.54) is 49.3 Å². The molecule has 134 valence electrons. The molecule has 0 unspecified atom stereocenters. The first kappa shape index (κ1) is 18.1. The van der Waals surface area contributed by atoms with E-state index in [1.807, 2.05) is 0 Å². The molecular formula is C23H28BClSi. The molecule has 2 bridgehead atoms. The molecule has 2 aromatic rings. The van der Waals surface area contributed by atoms with E-state index in [2.05, 4.69) is 73.3 Å². The van der Waals surface area contributed by atoms with Crippen LogP contribution in [-0.2, 0) is 0 Å². The van der Waals surface area contributed by atoms with Crippen molar-refractivity contribution in [2.45, 2.75) is 56.7 Å². The predicted octanol–water partition coefficient (Wildman–Crippen LogP) is 6.47. The number of benzene rings is 2. The third kappa shape index (κ3) is 3.59. The highest BCUT2D eigenvalue weighted by Crippen LogP contribution is 2.50. The maximum Gasteiger partial charge on any atom is 0.202 e. The van der Waals surface area contributed by atoms with Crippen LogP contribution in [0.25, 0.3) is 6.08 Å². The second kappa shape index (κ2) is 7.78. The van der Waals surface area contributed by atoms with Gasteiger partial charge in [-0.1, -0.05) is 122 Å². The molecule has 2 saturated heterocycles. The standard InChI is InChI=1S/C23H28BClSi/c1-26(25,22-16-6-3-7-17-22)23(18-19-10-4-2-5-11-19)24-20-12-8-13-21(24)15-9-14-20/h2-7,10-11,16-18,20-21H,8-9,12-15H2,1H3/b23-18-/t20?,21?,26-/m1/s1. The molecule has 2 aromatic carbocycles. The molecule has 2 aliphatic rings. The molecule has 0 radical (unpaired) electrons. The smallest absolute Gasteiger partial charge is 0.156 e. The van der Waals surface area contributed by atoms with Gasteiger partial charge in [0.15, 0.2) is 6.71 Å². The van der Waals surface area contributed by atoms with Gasteiger partial charge in [-0.2, -0.15) is 11.1 Å². The minimum atomic E-state index is -2.21. The SMILES string of the molecule is C[Si@](Cl)(/C(=C\c1ccccc1)B1C2CCCC1CCC2)c1ccccc1. The zero-order valence-corrected chi connectivity index (χ0v) is 17.5. The second-order valence-electron chi connectivity index (χ2n) is 8.29. The predicted molar refractivity (Wildman–Crippen MR) is 119 cm³/mol. The molecule has 0 amide bonds. The first-order valence-electron chi connectivity index (χ1n) is 10.2. The number of halogens is 1. The lowest BCUT2D eigenvalue weighted by molar-refractivity contribution is 0.447. The van der Waals surface area contributed by atoms with E-state index < -0.39 is 7.38 Å². The summed E-state index contributed by atoms with van der Waals surface area (Å²) in [6.45, 7) is 3.04. The van der Waals surface area contributed by atoms with E-state index >= 15 is 0 Å². The Kier molecular flexibility index (Phi) is 5.43. The Balaban J connectivity index is 1.81. The van der Waals surface area contributed by atoms with Gasteiger partial charge in [0.1, 0.15) is 0 Å². The third-order valence-electron chi connectivity index (χ3n) is 6.65. The molecular weight excluding hydrogens is 351 g/mol. The molecule has 0 spiro atoms. The fourth-order valence-electron chi connectivity index (χ4n) is 5.38. The van der Waals surface area contributed by atoms with Crippen LogP contribution in [0.3, 0.4) is 0 Å². The summed E-state index contributed by atoms with van der Waals surface area (Å²) in [5.41, 5.74) is 1.31. The van der Waals surface area contributed by atoms with Gasteiger partial charge >= 0.3 is 0 Å². The van der Waals surface area contributed by atoms with Crippen LogP contribution in [0.15, 0.2) is 65.8 Å². The maximum absolute atomic E-state index is 7.49. The van der Waals surface area contributed by atoms with Crippen LogP contribution in [-0.4, -0.2) is 14.1 Å². The van der Waals surface area contributed by atoms with Crippen LogP contribution in [0.4, 0.5) is 0 Å². The lowest BCUT2D eigenvalue weighted by Crippen LogP contribution is -2.51. The normalized spacial score (nSPS) is 25.6. The number of rotatable bonds is 4. The van der Waals surface area contributed by atoms with Gasteiger partial charge in [0.2, 0.25) is 7.38 Å². The molecule has 2 fully saturated rings. The minimum Gasteiger partial charge on any atom is -0.156 e. The molecule has 0 aromatic heterocycles. The van der Waals surface area contributed by atoms with Crippen molar-refractivity contribution < 1.29 is 0 Å². The van der Waals surface area contributed by atoms with Gasteiger partial charge < -0.3 is 0 Å². The quantitative estimate of drug-likeness (QED) is 0.422. The highest BCUT2D eigenvalue weighted by Gasteiger charge is 2.47. The highest BCUT2D eigenvalue weighted by molar-refractivity contribution is 7.35.